The minimum Gasteiger partial charge on any atom is -0.330 e. The van der Waals surface area contributed by atoms with Gasteiger partial charge in [-0.1, -0.05) is 6.07 Å². The third-order valence-corrected chi connectivity index (χ3v) is 3.60. The molecule has 88 valence electrons. The van der Waals surface area contributed by atoms with Gasteiger partial charge in [-0.15, -0.1) is 11.3 Å². The van der Waals surface area contributed by atoms with Crippen LogP contribution in [0.3, 0.4) is 0 Å². The first-order valence-corrected chi connectivity index (χ1v) is 6.47. The highest BCUT2D eigenvalue weighted by Gasteiger charge is 2.17. The van der Waals surface area contributed by atoms with Gasteiger partial charge in [0, 0.05) is 18.9 Å². The van der Waals surface area contributed by atoms with Gasteiger partial charge in [-0.25, -0.2) is 4.98 Å². The Morgan fingerprint density at radius 3 is 3.00 bits per heavy atom. The Morgan fingerprint density at radius 2 is 2.35 bits per heavy atom. The van der Waals surface area contributed by atoms with Crippen LogP contribution in [-0.2, 0) is 6.54 Å². The predicted molar refractivity (Wildman–Crippen MR) is 69.6 cm³/mol. The van der Waals surface area contributed by atoms with Gasteiger partial charge in [-0.05, 0) is 31.7 Å². The normalized spacial score (nSPS) is 11.4. The fourth-order valence-corrected chi connectivity index (χ4v) is 2.31. The molecule has 0 spiro atoms. The van der Waals surface area contributed by atoms with Gasteiger partial charge in [-0.2, -0.15) is 5.26 Å². The number of nitrogens with zero attached hydrogens (tertiary/aromatic N) is 3. The van der Waals surface area contributed by atoms with E-state index in [9.17, 15) is 0 Å². The summed E-state index contributed by atoms with van der Waals surface area (Å²) in [5, 5.41) is 11.1. The molecule has 2 aromatic rings. The van der Waals surface area contributed by atoms with Gasteiger partial charge in [0.05, 0.1) is 16.4 Å². The summed E-state index contributed by atoms with van der Waals surface area (Å²) >= 11 is 1.69. The first-order valence-electron chi connectivity index (χ1n) is 5.59. The minimum absolute atomic E-state index is 0.281. The summed E-state index contributed by atoms with van der Waals surface area (Å²) in [6.07, 6.45) is 4.62. The van der Waals surface area contributed by atoms with Gasteiger partial charge in [0.15, 0.2) is 0 Å². The van der Waals surface area contributed by atoms with Crippen molar-refractivity contribution in [2.75, 3.05) is 0 Å². The van der Waals surface area contributed by atoms with Crippen molar-refractivity contribution in [2.24, 2.45) is 5.41 Å². The molecule has 0 aliphatic heterocycles. The summed E-state index contributed by atoms with van der Waals surface area (Å²) in [6.45, 7) is 4.76. The van der Waals surface area contributed by atoms with E-state index >= 15 is 0 Å². The highest BCUT2D eigenvalue weighted by atomic mass is 32.1. The van der Waals surface area contributed by atoms with E-state index in [0.29, 0.717) is 0 Å². The molecule has 2 rings (SSSR count). The molecule has 0 N–H and O–H groups in total. The molecule has 0 unspecified atom stereocenters. The smallest absolute Gasteiger partial charge is 0.149 e. The summed E-state index contributed by atoms with van der Waals surface area (Å²) in [5.74, 6) is 0.994. The van der Waals surface area contributed by atoms with Crippen LogP contribution in [0.2, 0.25) is 0 Å². The molecule has 2 heterocycles. The number of hydrogen-bond acceptors (Lipinski definition) is 3. The highest BCUT2D eigenvalue weighted by molar-refractivity contribution is 7.13. The molecule has 3 nitrogen and oxygen atoms in total. The Hall–Kier alpha value is -1.60. The summed E-state index contributed by atoms with van der Waals surface area (Å²) in [4.78, 5) is 5.55. The van der Waals surface area contributed by atoms with Crippen LogP contribution in [0.4, 0.5) is 0 Å². The second-order valence-electron chi connectivity index (χ2n) is 4.67. The Kier molecular flexibility index (Phi) is 3.30. The molecule has 0 aliphatic rings. The van der Waals surface area contributed by atoms with E-state index in [0.717, 1.165) is 18.8 Å². The molecule has 0 atom stereocenters. The van der Waals surface area contributed by atoms with Crippen LogP contribution in [0.1, 0.15) is 20.3 Å². The maximum atomic E-state index is 9.00. The van der Waals surface area contributed by atoms with Gasteiger partial charge in [0.1, 0.15) is 5.82 Å². The molecule has 0 aliphatic carbocycles. The molecule has 4 heteroatoms. The van der Waals surface area contributed by atoms with Crippen molar-refractivity contribution in [1.82, 2.24) is 9.55 Å². The Balaban J connectivity index is 2.14. The zero-order valence-electron chi connectivity index (χ0n) is 10.1. The Labute approximate surface area is 105 Å². The quantitative estimate of drug-likeness (QED) is 0.826. The lowest BCUT2D eigenvalue weighted by atomic mass is 9.91. The monoisotopic (exact) mass is 245 g/mol. The van der Waals surface area contributed by atoms with E-state index in [-0.39, 0.29) is 5.41 Å². The maximum Gasteiger partial charge on any atom is 0.149 e. The molecular formula is C13H15N3S. The maximum absolute atomic E-state index is 9.00. The standard InChI is InChI=1S/C13H15N3S/c1-13(2,10-14)5-7-16-8-6-15-12(16)11-4-3-9-17-11/h3-4,6,8-9H,5,7H2,1-2H3. The van der Waals surface area contributed by atoms with Gasteiger partial charge >= 0.3 is 0 Å². The van der Waals surface area contributed by atoms with Gasteiger partial charge < -0.3 is 4.57 Å². The van der Waals surface area contributed by atoms with Gasteiger partial charge in [-0.3, -0.25) is 0 Å². The lowest BCUT2D eigenvalue weighted by Gasteiger charge is -2.15. The van der Waals surface area contributed by atoms with Crippen molar-refractivity contribution in [3.8, 4) is 16.8 Å². The summed E-state index contributed by atoms with van der Waals surface area (Å²) < 4.78 is 2.12. The van der Waals surface area contributed by atoms with Crippen molar-refractivity contribution in [3.05, 3.63) is 29.9 Å². The molecule has 0 bridgehead atoms. The van der Waals surface area contributed by atoms with E-state index in [1.54, 1.807) is 11.3 Å². The number of rotatable bonds is 4. The average Bonchev–Trinajstić information content (AvgIpc) is 2.96. The lowest BCUT2D eigenvalue weighted by molar-refractivity contribution is 0.415. The number of aryl methyl sites for hydroxylation is 1. The molecule has 0 saturated heterocycles. The lowest BCUT2D eigenvalue weighted by Crippen LogP contribution is -2.12. The zero-order valence-corrected chi connectivity index (χ0v) is 10.9. The largest absolute Gasteiger partial charge is 0.330 e. The van der Waals surface area contributed by atoms with Crippen LogP contribution in [-0.4, -0.2) is 9.55 Å². The first kappa shape index (κ1) is 11.9. The van der Waals surface area contributed by atoms with Crippen molar-refractivity contribution in [2.45, 2.75) is 26.8 Å². The zero-order chi connectivity index (χ0) is 12.3. The molecule has 0 amide bonds. The minimum atomic E-state index is -0.281. The van der Waals surface area contributed by atoms with Crippen LogP contribution in [0, 0.1) is 16.7 Å². The van der Waals surface area contributed by atoms with E-state index < -0.39 is 0 Å². The predicted octanol–water partition coefficient (Wildman–Crippen LogP) is 3.55. The summed E-state index contributed by atoms with van der Waals surface area (Å²) in [6, 6.07) is 6.42. The molecule has 0 fully saturated rings. The van der Waals surface area contributed by atoms with Crippen molar-refractivity contribution in [1.29, 1.82) is 5.26 Å². The van der Waals surface area contributed by atoms with Crippen LogP contribution in [0.5, 0.6) is 0 Å². The second kappa shape index (κ2) is 4.72. The second-order valence-corrected chi connectivity index (χ2v) is 5.61. The molecule has 2 aromatic heterocycles. The summed E-state index contributed by atoms with van der Waals surface area (Å²) in [7, 11) is 0. The Morgan fingerprint density at radius 1 is 1.53 bits per heavy atom. The van der Waals surface area contributed by atoms with Crippen molar-refractivity contribution in [3.63, 3.8) is 0 Å². The number of imidazole rings is 1. The van der Waals surface area contributed by atoms with Crippen LogP contribution in [0.25, 0.3) is 10.7 Å². The Bertz CT molecular complexity index is 517. The van der Waals surface area contributed by atoms with E-state index in [1.165, 1.54) is 4.88 Å². The van der Waals surface area contributed by atoms with E-state index in [2.05, 4.69) is 21.7 Å². The van der Waals surface area contributed by atoms with E-state index in [1.807, 2.05) is 37.7 Å². The van der Waals surface area contributed by atoms with Crippen molar-refractivity contribution >= 4 is 11.3 Å². The number of hydrogen-bond donors (Lipinski definition) is 0. The number of thiophene rings is 1. The topological polar surface area (TPSA) is 41.6 Å². The molecule has 0 saturated carbocycles. The fraction of sp³-hybridized carbons (Fsp3) is 0.385. The number of aromatic nitrogens is 2. The first-order chi connectivity index (χ1) is 8.12. The van der Waals surface area contributed by atoms with Crippen LogP contribution in [0.15, 0.2) is 29.9 Å². The molecule has 17 heavy (non-hydrogen) atoms. The third-order valence-electron chi connectivity index (χ3n) is 2.74. The molecule has 0 aromatic carbocycles. The average molecular weight is 245 g/mol. The van der Waals surface area contributed by atoms with Crippen molar-refractivity contribution < 1.29 is 0 Å². The fourth-order valence-electron chi connectivity index (χ4n) is 1.58. The molecule has 0 radical (unpaired) electrons. The van der Waals surface area contributed by atoms with Crippen LogP contribution < -0.4 is 0 Å². The SMILES string of the molecule is CC(C)(C#N)CCn1ccnc1-c1cccs1. The number of nitriles is 1. The summed E-state index contributed by atoms with van der Waals surface area (Å²) in [5.41, 5.74) is -0.281. The molecular weight excluding hydrogens is 230 g/mol. The highest BCUT2D eigenvalue weighted by Crippen LogP contribution is 2.25. The van der Waals surface area contributed by atoms with Gasteiger partial charge in [0.25, 0.3) is 0 Å². The van der Waals surface area contributed by atoms with Crippen LogP contribution >= 0.6 is 11.3 Å². The van der Waals surface area contributed by atoms with E-state index in [4.69, 9.17) is 5.26 Å². The van der Waals surface area contributed by atoms with Gasteiger partial charge in [0.2, 0.25) is 0 Å². The third kappa shape index (κ3) is 2.75.